The van der Waals surface area contributed by atoms with Crippen LogP contribution in [0.5, 0.6) is 0 Å². The average Bonchev–Trinajstić information content (AvgIpc) is 2.13. The molecule has 1 heterocycles. The van der Waals surface area contributed by atoms with Crippen molar-refractivity contribution >= 4 is 6.09 Å². The lowest BCUT2D eigenvalue weighted by Crippen LogP contribution is -2.40. The maximum atomic E-state index is 11.9. The maximum Gasteiger partial charge on any atom is 0.410 e. The predicted molar refractivity (Wildman–Crippen MR) is 67.9 cm³/mol. The standard InChI is InChI=1S/C14H23NO2/c1-14(2,3)17-13(16)15-9-7-12(8-10-15)11-5-4-6-11/h4-10H2,1-3H3. The number of likely N-dealkylation sites (tertiary alicyclic amines) is 1. The fourth-order valence-corrected chi connectivity index (χ4v) is 2.35. The predicted octanol–water partition coefficient (Wildman–Crippen LogP) is 3.50. The van der Waals surface area contributed by atoms with Crippen LogP contribution in [0.1, 0.15) is 52.9 Å². The average molecular weight is 237 g/mol. The molecule has 1 saturated carbocycles. The molecule has 0 bridgehead atoms. The van der Waals surface area contributed by atoms with Crippen molar-refractivity contribution in [2.75, 3.05) is 13.1 Å². The van der Waals surface area contributed by atoms with Gasteiger partial charge in [-0.2, -0.15) is 0 Å². The van der Waals surface area contributed by atoms with Crippen molar-refractivity contribution in [1.29, 1.82) is 0 Å². The number of piperidine rings is 1. The van der Waals surface area contributed by atoms with Gasteiger partial charge in [0.15, 0.2) is 0 Å². The number of ether oxygens (including phenoxy) is 1. The minimum Gasteiger partial charge on any atom is -0.444 e. The fourth-order valence-electron chi connectivity index (χ4n) is 2.35. The lowest BCUT2D eigenvalue weighted by molar-refractivity contribution is 0.0235. The van der Waals surface area contributed by atoms with Crippen LogP contribution < -0.4 is 0 Å². The Morgan fingerprint density at radius 3 is 2.00 bits per heavy atom. The Kier molecular flexibility index (Phi) is 3.45. The van der Waals surface area contributed by atoms with E-state index in [1.165, 1.54) is 19.3 Å². The van der Waals surface area contributed by atoms with Crippen LogP contribution in [-0.4, -0.2) is 29.7 Å². The van der Waals surface area contributed by atoms with Crippen LogP contribution in [0.4, 0.5) is 4.79 Å². The largest absolute Gasteiger partial charge is 0.444 e. The van der Waals surface area contributed by atoms with Crippen LogP contribution in [0.2, 0.25) is 0 Å². The molecule has 1 amide bonds. The van der Waals surface area contributed by atoms with Gasteiger partial charge in [0.25, 0.3) is 0 Å². The fraction of sp³-hybridized carbons (Fsp3) is 0.786. The first-order valence-electron chi connectivity index (χ1n) is 6.63. The summed E-state index contributed by atoms with van der Waals surface area (Å²) in [5, 5.41) is 0. The number of rotatable bonds is 0. The van der Waals surface area contributed by atoms with Gasteiger partial charge in [-0.1, -0.05) is 11.1 Å². The van der Waals surface area contributed by atoms with Crippen molar-refractivity contribution in [3.8, 4) is 0 Å². The first-order chi connectivity index (χ1) is 7.96. The molecule has 3 nitrogen and oxygen atoms in total. The zero-order valence-corrected chi connectivity index (χ0v) is 11.2. The summed E-state index contributed by atoms with van der Waals surface area (Å²) in [5.74, 6) is 0. The number of allylic oxidation sites excluding steroid dienone is 1. The molecule has 1 aliphatic heterocycles. The van der Waals surface area contributed by atoms with Crippen LogP contribution in [0.15, 0.2) is 11.1 Å². The van der Waals surface area contributed by atoms with Gasteiger partial charge in [-0.3, -0.25) is 0 Å². The van der Waals surface area contributed by atoms with E-state index in [1.807, 2.05) is 25.7 Å². The summed E-state index contributed by atoms with van der Waals surface area (Å²) < 4.78 is 5.38. The van der Waals surface area contributed by atoms with E-state index in [-0.39, 0.29) is 11.7 Å². The molecule has 2 aliphatic rings. The maximum absolute atomic E-state index is 11.9. The summed E-state index contributed by atoms with van der Waals surface area (Å²) in [4.78, 5) is 13.7. The molecule has 0 radical (unpaired) electrons. The second-order valence-corrected chi connectivity index (χ2v) is 6.03. The molecule has 2 fully saturated rings. The molecule has 3 heteroatoms. The van der Waals surface area contributed by atoms with E-state index in [2.05, 4.69) is 0 Å². The number of hydrogen-bond donors (Lipinski definition) is 0. The van der Waals surface area contributed by atoms with E-state index in [9.17, 15) is 4.79 Å². The highest BCUT2D eigenvalue weighted by molar-refractivity contribution is 5.68. The van der Waals surface area contributed by atoms with Gasteiger partial charge in [-0.25, -0.2) is 4.79 Å². The van der Waals surface area contributed by atoms with E-state index in [0.29, 0.717) is 0 Å². The van der Waals surface area contributed by atoms with E-state index >= 15 is 0 Å². The third-order valence-electron chi connectivity index (χ3n) is 3.48. The third kappa shape index (κ3) is 3.24. The van der Waals surface area contributed by atoms with Gasteiger partial charge in [0, 0.05) is 13.1 Å². The summed E-state index contributed by atoms with van der Waals surface area (Å²) in [7, 11) is 0. The summed E-state index contributed by atoms with van der Waals surface area (Å²) in [6, 6.07) is 0. The van der Waals surface area contributed by atoms with Crippen molar-refractivity contribution in [1.82, 2.24) is 4.90 Å². The summed E-state index contributed by atoms with van der Waals surface area (Å²) in [6.45, 7) is 7.39. The zero-order chi connectivity index (χ0) is 12.5. The lowest BCUT2D eigenvalue weighted by atomic mass is 9.84. The summed E-state index contributed by atoms with van der Waals surface area (Å²) in [6.07, 6.45) is 5.89. The van der Waals surface area contributed by atoms with Crippen molar-refractivity contribution < 1.29 is 9.53 Å². The van der Waals surface area contributed by atoms with E-state index < -0.39 is 0 Å². The van der Waals surface area contributed by atoms with Crippen LogP contribution in [-0.2, 0) is 4.74 Å². The van der Waals surface area contributed by atoms with Gasteiger partial charge in [0.05, 0.1) is 0 Å². The normalized spacial score (nSPS) is 21.2. The highest BCUT2D eigenvalue weighted by Crippen LogP contribution is 2.33. The number of carbonyl (C=O) groups is 1. The molecule has 0 spiro atoms. The van der Waals surface area contributed by atoms with E-state index in [4.69, 9.17) is 4.74 Å². The molecule has 0 N–H and O–H groups in total. The first kappa shape index (κ1) is 12.5. The minimum absolute atomic E-state index is 0.157. The zero-order valence-electron chi connectivity index (χ0n) is 11.2. The Balaban J connectivity index is 1.84. The smallest absolute Gasteiger partial charge is 0.410 e. The number of amides is 1. The highest BCUT2D eigenvalue weighted by atomic mass is 16.6. The molecule has 2 rings (SSSR count). The number of carbonyl (C=O) groups excluding carboxylic acids is 1. The Hall–Kier alpha value is -0.990. The second kappa shape index (κ2) is 4.71. The summed E-state index contributed by atoms with van der Waals surface area (Å²) >= 11 is 0. The Morgan fingerprint density at radius 1 is 1.06 bits per heavy atom. The minimum atomic E-state index is -0.385. The molecule has 0 aromatic heterocycles. The van der Waals surface area contributed by atoms with Gasteiger partial charge in [0.2, 0.25) is 0 Å². The second-order valence-electron chi connectivity index (χ2n) is 6.03. The molecular weight excluding hydrogens is 214 g/mol. The van der Waals surface area contributed by atoms with Crippen molar-refractivity contribution in [3.63, 3.8) is 0 Å². The molecule has 1 saturated heterocycles. The molecule has 0 unspecified atom stereocenters. The van der Waals surface area contributed by atoms with Crippen LogP contribution >= 0.6 is 0 Å². The third-order valence-corrected chi connectivity index (χ3v) is 3.48. The lowest BCUT2D eigenvalue weighted by Gasteiger charge is -2.33. The Bertz CT molecular complexity index is 323. The van der Waals surface area contributed by atoms with Crippen LogP contribution in [0.3, 0.4) is 0 Å². The van der Waals surface area contributed by atoms with Crippen molar-refractivity contribution in [3.05, 3.63) is 11.1 Å². The molecular formula is C14H23NO2. The van der Waals surface area contributed by atoms with Gasteiger partial charge in [-0.05, 0) is 52.9 Å². The molecule has 96 valence electrons. The SMILES string of the molecule is CC(C)(C)OC(=O)N1CCC(=C2CCC2)CC1. The van der Waals surface area contributed by atoms with E-state index in [1.54, 1.807) is 11.1 Å². The highest BCUT2D eigenvalue weighted by Gasteiger charge is 2.26. The van der Waals surface area contributed by atoms with Crippen molar-refractivity contribution in [2.45, 2.75) is 58.5 Å². The Morgan fingerprint density at radius 2 is 1.59 bits per heavy atom. The first-order valence-corrected chi connectivity index (χ1v) is 6.63. The van der Waals surface area contributed by atoms with Gasteiger partial charge in [-0.15, -0.1) is 0 Å². The molecule has 1 aliphatic carbocycles. The van der Waals surface area contributed by atoms with Gasteiger partial charge >= 0.3 is 6.09 Å². The van der Waals surface area contributed by atoms with Crippen LogP contribution in [0, 0.1) is 0 Å². The van der Waals surface area contributed by atoms with Crippen LogP contribution in [0.25, 0.3) is 0 Å². The molecule has 0 atom stereocenters. The quantitative estimate of drug-likeness (QED) is 0.603. The van der Waals surface area contributed by atoms with E-state index in [0.717, 1.165) is 25.9 Å². The monoisotopic (exact) mass is 237 g/mol. The number of nitrogens with zero attached hydrogens (tertiary/aromatic N) is 1. The van der Waals surface area contributed by atoms with Gasteiger partial charge in [0.1, 0.15) is 5.60 Å². The van der Waals surface area contributed by atoms with Crippen molar-refractivity contribution in [2.24, 2.45) is 0 Å². The topological polar surface area (TPSA) is 29.5 Å². The number of hydrogen-bond acceptors (Lipinski definition) is 2. The molecule has 0 aromatic rings. The molecule has 0 aromatic carbocycles. The summed E-state index contributed by atoms with van der Waals surface area (Å²) in [5.41, 5.74) is 2.88. The Labute approximate surface area is 104 Å². The molecule has 17 heavy (non-hydrogen) atoms. The van der Waals surface area contributed by atoms with Gasteiger partial charge < -0.3 is 9.64 Å².